The van der Waals surface area contributed by atoms with E-state index in [1.54, 1.807) is 0 Å². The number of aromatic nitrogens is 1. The summed E-state index contributed by atoms with van der Waals surface area (Å²) in [5, 5.41) is 18.2. The van der Waals surface area contributed by atoms with Crippen LogP contribution in [0.15, 0.2) is 11.1 Å². The Labute approximate surface area is 97.2 Å². The molecule has 1 aromatic heterocycles. The zero-order chi connectivity index (χ0) is 13.4. The van der Waals surface area contributed by atoms with Crippen LogP contribution in [0.1, 0.15) is 12.1 Å². The van der Waals surface area contributed by atoms with E-state index in [0.29, 0.717) is 0 Å². The van der Waals surface area contributed by atoms with Gasteiger partial charge in [-0.05, 0) is 0 Å². The largest absolute Gasteiger partial charge is 0.500 e. The first-order chi connectivity index (χ1) is 7.64. The summed E-state index contributed by atoms with van der Waals surface area (Å²) in [7, 11) is 0.127. The molecular weight excluding hydrogens is 286 g/mol. The predicted molar refractivity (Wildman–Crippen MR) is 50.6 cm³/mol. The Morgan fingerprint density at radius 1 is 1.53 bits per heavy atom. The first kappa shape index (κ1) is 13.5. The van der Waals surface area contributed by atoms with Crippen LogP contribution in [0.3, 0.4) is 0 Å². The molecule has 1 aromatic rings. The first-order valence-electron chi connectivity index (χ1n) is 3.75. The molecule has 0 atom stereocenters. The molecule has 7 nitrogen and oxygen atoms in total. The molecule has 94 valence electrons. The second-order valence-electron chi connectivity index (χ2n) is 2.72. The Kier molecular flexibility index (Phi) is 3.48. The fourth-order valence-corrected chi connectivity index (χ4v) is 1.81. The van der Waals surface area contributed by atoms with Gasteiger partial charge in [0, 0.05) is 16.7 Å². The standard InChI is InChI=1S/C6H3ClF2N2O5S/c7-17(15,16)6-4(12)3(11(13)14)1-2(10-6)5(8)9/h1,5,12H. The maximum atomic E-state index is 12.3. The average molecular weight is 289 g/mol. The van der Waals surface area contributed by atoms with Gasteiger partial charge >= 0.3 is 5.69 Å². The van der Waals surface area contributed by atoms with Crippen LogP contribution in [0.2, 0.25) is 0 Å². The van der Waals surface area contributed by atoms with Gasteiger partial charge in [0.2, 0.25) is 10.8 Å². The highest BCUT2D eigenvalue weighted by Crippen LogP contribution is 2.35. The highest BCUT2D eigenvalue weighted by atomic mass is 35.7. The van der Waals surface area contributed by atoms with E-state index in [4.69, 9.17) is 10.7 Å². The number of rotatable bonds is 3. The van der Waals surface area contributed by atoms with Crippen molar-refractivity contribution in [1.82, 2.24) is 4.98 Å². The molecule has 11 heteroatoms. The maximum absolute atomic E-state index is 12.3. The third-order valence-electron chi connectivity index (χ3n) is 1.61. The summed E-state index contributed by atoms with van der Waals surface area (Å²) >= 11 is 0. The van der Waals surface area contributed by atoms with Gasteiger partial charge in [0.15, 0.2) is 0 Å². The first-order valence-corrected chi connectivity index (χ1v) is 6.06. The van der Waals surface area contributed by atoms with E-state index in [-0.39, 0.29) is 6.07 Å². The van der Waals surface area contributed by atoms with Crippen LogP contribution < -0.4 is 0 Å². The zero-order valence-electron chi connectivity index (χ0n) is 7.67. The lowest BCUT2D eigenvalue weighted by molar-refractivity contribution is -0.386. The van der Waals surface area contributed by atoms with Gasteiger partial charge < -0.3 is 5.11 Å². The Morgan fingerprint density at radius 3 is 2.41 bits per heavy atom. The van der Waals surface area contributed by atoms with Crippen molar-refractivity contribution in [2.75, 3.05) is 0 Å². The van der Waals surface area contributed by atoms with Crippen LogP contribution in [0.4, 0.5) is 14.5 Å². The summed E-state index contributed by atoms with van der Waals surface area (Å²) in [5.41, 5.74) is -2.39. The molecule has 0 saturated heterocycles. The number of halogens is 3. The molecular formula is C6H3ClF2N2O5S. The molecule has 1 rings (SSSR count). The quantitative estimate of drug-likeness (QED) is 0.513. The van der Waals surface area contributed by atoms with E-state index >= 15 is 0 Å². The third-order valence-corrected chi connectivity index (χ3v) is 2.80. The van der Waals surface area contributed by atoms with Crippen molar-refractivity contribution in [1.29, 1.82) is 0 Å². The monoisotopic (exact) mass is 288 g/mol. The van der Waals surface area contributed by atoms with Crippen molar-refractivity contribution in [3.05, 3.63) is 21.9 Å². The molecule has 17 heavy (non-hydrogen) atoms. The van der Waals surface area contributed by atoms with E-state index in [0.717, 1.165) is 0 Å². The Hall–Kier alpha value is -1.55. The van der Waals surface area contributed by atoms with Gasteiger partial charge in [0.05, 0.1) is 4.92 Å². The maximum Gasteiger partial charge on any atom is 0.315 e. The van der Waals surface area contributed by atoms with Crippen LogP contribution in [0.5, 0.6) is 5.75 Å². The summed E-state index contributed by atoms with van der Waals surface area (Å²) in [5.74, 6) is -1.38. The van der Waals surface area contributed by atoms with E-state index in [9.17, 15) is 32.4 Å². The van der Waals surface area contributed by atoms with Gasteiger partial charge in [-0.3, -0.25) is 10.1 Å². The summed E-state index contributed by atoms with van der Waals surface area (Å²) in [6.07, 6.45) is -3.24. The molecule has 0 aliphatic rings. The lowest BCUT2D eigenvalue weighted by Crippen LogP contribution is -2.03. The van der Waals surface area contributed by atoms with Gasteiger partial charge in [0.25, 0.3) is 15.5 Å². The number of nitrogens with zero attached hydrogens (tertiary/aromatic N) is 2. The Bertz CT molecular complexity index is 576. The van der Waals surface area contributed by atoms with E-state index in [1.807, 2.05) is 0 Å². The number of hydrogen-bond acceptors (Lipinski definition) is 6. The summed E-state index contributed by atoms with van der Waals surface area (Å²) in [6, 6.07) is 0.269. The smallest absolute Gasteiger partial charge is 0.315 e. The van der Waals surface area contributed by atoms with E-state index in [1.165, 1.54) is 0 Å². The highest BCUT2D eigenvalue weighted by molar-refractivity contribution is 8.13. The number of alkyl halides is 2. The van der Waals surface area contributed by atoms with Crippen LogP contribution in [0, 0.1) is 10.1 Å². The van der Waals surface area contributed by atoms with E-state index < -0.39 is 42.6 Å². The minimum absolute atomic E-state index is 0.269. The van der Waals surface area contributed by atoms with Crippen molar-refractivity contribution in [2.45, 2.75) is 11.5 Å². The molecule has 0 aliphatic heterocycles. The molecule has 0 radical (unpaired) electrons. The second-order valence-corrected chi connectivity index (χ2v) is 5.20. The minimum Gasteiger partial charge on any atom is -0.500 e. The average Bonchev–Trinajstić information content (AvgIpc) is 2.15. The topological polar surface area (TPSA) is 110 Å². The van der Waals surface area contributed by atoms with Crippen molar-refractivity contribution in [2.24, 2.45) is 0 Å². The molecule has 1 N–H and O–H groups in total. The summed E-state index contributed by atoms with van der Waals surface area (Å²) in [4.78, 5) is 12.0. The minimum atomic E-state index is -4.67. The number of aromatic hydroxyl groups is 1. The van der Waals surface area contributed by atoms with Gasteiger partial charge in [-0.25, -0.2) is 22.2 Å². The molecule has 0 spiro atoms. The molecule has 0 fully saturated rings. The predicted octanol–water partition coefficient (Wildman–Crippen LogP) is 1.56. The number of pyridine rings is 1. The molecule has 0 bridgehead atoms. The van der Waals surface area contributed by atoms with Crippen LogP contribution in [-0.4, -0.2) is 23.4 Å². The third kappa shape index (κ3) is 2.77. The second kappa shape index (κ2) is 4.37. The van der Waals surface area contributed by atoms with Gasteiger partial charge in [-0.15, -0.1) is 0 Å². The van der Waals surface area contributed by atoms with Gasteiger partial charge in [-0.1, -0.05) is 0 Å². The Balaban J connectivity index is 3.67. The molecule has 0 aliphatic carbocycles. The van der Waals surface area contributed by atoms with Gasteiger partial charge in [0.1, 0.15) is 5.69 Å². The molecule has 0 aromatic carbocycles. The van der Waals surface area contributed by atoms with E-state index in [2.05, 4.69) is 4.98 Å². The Morgan fingerprint density at radius 2 is 2.06 bits per heavy atom. The van der Waals surface area contributed by atoms with Crippen molar-refractivity contribution < 1.29 is 27.2 Å². The van der Waals surface area contributed by atoms with Crippen molar-refractivity contribution >= 4 is 25.4 Å². The van der Waals surface area contributed by atoms with Crippen LogP contribution >= 0.6 is 10.7 Å². The van der Waals surface area contributed by atoms with Crippen molar-refractivity contribution in [3.63, 3.8) is 0 Å². The molecule has 1 heterocycles. The summed E-state index contributed by atoms with van der Waals surface area (Å²) in [6.45, 7) is 0. The number of hydrogen-bond donors (Lipinski definition) is 1. The van der Waals surface area contributed by atoms with Gasteiger partial charge in [-0.2, -0.15) is 0 Å². The lowest BCUT2D eigenvalue weighted by atomic mass is 10.3. The fourth-order valence-electron chi connectivity index (χ4n) is 0.941. The number of nitro groups is 1. The SMILES string of the molecule is O=[N+]([O-])c1cc(C(F)F)nc(S(=O)(=O)Cl)c1O. The highest BCUT2D eigenvalue weighted by Gasteiger charge is 2.29. The lowest BCUT2D eigenvalue weighted by Gasteiger charge is -2.04. The normalized spacial score (nSPS) is 11.8. The zero-order valence-corrected chi connectivity index (χ0v) is 9.24. The fraction of sp³-hybridized carbons (Fsp3) is 0.167. The van der Waals surface area contributed by atoms with Crippen LogP contribution in [0.25, 0.3) is 0 Å². The molecule has 0 amide bonds. The summed E-state index contributed by atoms with van der Waals surface area (Å²) < 4.78 is 46.4. The molecule has 0 saturated carbocycles. The van der Waals surface area contributed by atoms with Crippen LogP contribution in [-0.2, 0) is 9.05 Å². The molecule has 0 unspecified atom stereocenters. The van der Waals surface area contributed by atoms with Crippen molar-refractivity contribution in [3.8, 4) is 5.75 Å².